The molecule has 1 fully saturated rings. The smallest absolute Gasteiger partial charge is 0.410 e. The number of aromatic nitrogens is 1. The van der Waals surface area contributed by atoms with Gasteiger partial charge in [-0.1, -0.05) is 35.3 Å². The number of hydrazine groups is 2. The SMILES string of the molecule is Cc1ccc(Nc2c(C#N)cnc3c(Cl)cc(N[C@H](C4=CN(C5CCN(C(=O)OC(C)(C)C)CC5)NN4)c4cccs4)cc23)cc1Cl. The fourth-order valence-electron chi connectivity index (χ4n) is 5.64. The van der Waals surface area contributed by atoms with E-state index < -0.39 is 5.60 Å². The van der Waals surface area contributed by atoms with Gasteiger partial charge in [-0.3, -0.25) is 9.99 Å². The largest absolute Gasteiger partial charge is 0.444 e. The van der Waals surface area contributed by atoms with Crippen LogP contribution in [-0.4, -0.2) is 45.7 Å². The summed E-state index contributed by atoms with van der Waals surface area (Å²) < 4.78 is 5.57. The number of fused-ring (bicyclic) bond motifs is 1. The summed E-state index contributed by atoms with van der Waals surface area (Å²) in [6, 6.07) is 15.8. The van der Waals surface area contributed by atoms with Crippen LogP contribution in [0.4, 0.5) is 21.9 Å². The predicted molar refractivity (Wildman–Crippen MR) is 189 cm³/mol. The minimum atomic E-state index is -0.521. The van der Waals surface area contributed by atoms with E-state index in [-0.39, 0.29) is 18.2 Å². The molecule has 2 aliphatic rings. The lowest BCUT2D eigenvalue weighted by Crippen LogP contribution is -2.50. The molecule has 244 valence electrons. The van der Waals surface area contributed by atoms with Crippen LogP contribution >= 0.6 is 34.5 Å². The number of nitriles is 1. The Morgan fingerprint density at radius 1 is 1.15 bits per heavy atom. The first kappa shape index (κ1) is 32.7. The Hall–Kier alpha value is -4.21. The van der Waals surface area contributed by atoms with Gasteiger partial charge in [-0.2, -0.15) is 5.26 Å². The topological polar surface area (TPSA) is 118 Å². The van der Waals surface area contributed by atoms with Gasteiger partial charge < -0.3 is 25.7 Å². The highest BCUT2D eigenvalue weighted by Crippen LogP contribution is 2.38. The summed E-state index contributed by atoms with van der Waals surface area (Å²) in [5.74, 6) is 0. The highest BCUT2D eigenvalue weighted by Gasteiger charge is 2.32. The van der Waals surface area contributed by atoms with Gasteiger partial charge in [0.1, 0.15) is 17.7 Å². The fourth-order valence-corrected chi connectivity index (χ4v) is 6.88. The number of carbonyl (C=O) groups excluding carboxylic acids is 1. The van der Waals surface area contributed by atoms with Crippen molar-refractivity contribution in [1.29, 1.82) is 5.26 Å². The van der Waals surface area contributed by atoms with Gasteiger partial charge in [-0.05, 0) is 81.8 Å². The summed E-state index contributed by atoms with van der Waals surface area (Å²) in [4.78, 5) is 20.0. The number of nitrogens with one attached hydrogen (secondary N) is 4. The fraction of sp³-hybridized carbons (Fsp3) is 0.324. The lowest BCUT2D eigenvalue weighted by molar-refractivity contribution is 0.0144. The van der Waals surface area contributed by atoms with E-state index in [1.165, 1.54) is 6.20 Å². The van der Waals surface area contributed by atoms with Crippen molar-refractivity contribution >= 4 is 68.6 Å². The van der Waals surface area contributed by atoms with Crippen molar-refractivity contribution in [3.63, 3.8) is 0 Å². The van der Waals surface area contributed by atoms with E-state index in [1.54, 1.807) is 16.2 Å². The molecule has 0 bridgehead atoms. The number of rotatable bonds is 7. The number of carbonyl (C=O) groups is 1. The summed E-state index contributed by atoms with van der Waals surface area (Å²) in [5, 5.41) is 22.9. The molecule has 0 aliphatic carbocycles. The zero-order chi connectivity index (χ0) is 33.3. The van der Waals surface area contributed by atoms with Crippen LogP contribution in [0.25, 0.3) is 10.9 Å². The Bertz CT molecular complexity index is 1860. The molecule has 2 aromatic heterocycles. The van der Waals surface area contributed by atoms with Crippen molar-refractivity contribution in [1.82, 2.24) is 25.9 Å². The molecule has 1 atom stereocenters. The molecule has 13 heteroatoms. The molecule has 4 aromatic rings. The molecule has 6 rings (SSSR count). The summed E-state index contributed by atoms with van der Waals surface area (Å²) in [6.45, 7) is 8.82. The van der Waals surface area contributed by atoms with E-state index in [9.17, 15) is 10.1 Å². The van der Waals surface area contributed by atoms with Crippen molar-refractivity contribution in [2.75, 3.05) is 23.7 Å². The standard InChI is InChI=1S/C34H36Cl2N8O2S/c1-20-7-8-22(15-26(20)35)39-30-21(17-37)18-38-31-25(30)14-23(16-27(31)36)40-32(29-6-5-13-47-29)28-19-44(42-41-28)24-9-11-43(12-10-24)33(45)46-34(2,3)4/h5-8,13-16,18-19,24,32,40-42H,9-12H2,1-4H3,(H,38,39)/t32-/m1/s1. The number of piperidine rings is 1. The average molecular weight is 692 g/mol. The quantitative estimate of drug-likeness (QED) is 0.152. The van der Waals surface area contributed by atoms with Crippen molar-refractivity contribution < 1.29 is 9.53 Å². The zero-order valence-corrected chi connectivity index (χ0v) is 28.9. The number of anilines is 3. The van der Waals surface area contributed by atoms with Crippen LogP contribution in [-0.2, 0) is 4.74 Å². The normalized spacial score (nSPS) is 16.0. The van der Waals surface area contributed by atoms with Crippen molar-refractivity contribution in [3.05, 3.63) is 92.0 Å². The van der Waals surface area contributed by atoms with E-state index in [4.69, 9.17) is 27.9 Å². The molecule has 4 heterocycles. The molecule has 2 aromatic carbocycles. The molecule has 1 saturated heterocycles. The summed E-state index contributed by atoms with van der Waals surface area (Å²) in [5.41, 5.74) is 11.1. The maximum Gasteiger partial charge on any atom is 0.410 e. The van der Waals surface area contributed by atoms with Gasteiger partial charge in [-0.25, -0.2) is 4.79 Å². The monoisotopic (exact) mass is 690 g/mol. The molecule has 10 nitrogen and oxygen atoms in total. The third kappa shape index (κ3) is 7.36. The number of benzene rings is 2. The molecule has 0 unspecified atom stereocenters. The molecule has 2 aliphatic heterocycles. The maximum atomic E-state index is 12.6. The molecule has 0 radical (unpaired) electrons. The summed E-state index contributed by atoms with van der Waals surface area (Å²) in [6.07, 6.45) is 4.93. The van der Waals surface area contributed by atoms with E-state index in [2.05, 4.69) is 49.9 Å². The number of likely N-dealkylation sites (tertiary alicyclic amines) is 1. The lowest BCUT2D eigenvalue weighted by atomic mass is 10.0. The predicted octanol–water partition coefficient (Wildman–Crippen LogP) is 8.25. The Kier molecular flexibility index (Phi) is 9.39. The van der Waals surface area contributed by atoms with Gasteiger partial charge in [0.15, 0.2) is 0 Å². The number of amides is 1. The minimum Gasteiger partial charge on any atom is -0.444 e. The van der Waals surface area contributed by atoms with E-state index in [1.807, 2.05) is 69.5 Å². The Morgan fingerprint density at radius 2 is 1.91 bits per heavy atom. The van der Waals surface area contributed by atoms with Crippen LogP contribution in [0.5, 0.6) is 0 Å². The number of thiophene rings is 1. The number of hydrogen-bond donors (Lipinski definition) is 4. The molecule has 47 heavy (non-hydrogen) atoms. The summed E-state index contributed by atoms with van der Waals surface area (Å²) in [7, 11) is 0. The number of aryl methyl sites for hydroxylation is 1. The van der Waals surface area contributed by atoms with Crippen LogP contribution in [0, 0.1) is 18.3 Å². The number of nitrogens with zero attached hydrogens (tertiary/aromatic N) is 4. The third-order valence-corrected chi connectivity index (χ3v) is 9.69. The minimum absolute atomic E-state index is 0.192. The number of hydrogen-bond acceptors (Lipinski definition) is 10. The van der Waals surface area contributed by atoms with E-state index in [0.717, 1.165) is 40.4 Å². The highest BCUT2D eigenvalue weighted by molar-refractivity contribution is 7.10. The molecular formula is C34H36Cl2N8O2S. The zero-order valence-electron chi connectivity index (χ0n) is 26.5. The van der Waals surface area contributed by atoms with Crippen LogP contribution in [0.15, 0.2) is 65.9 Å². The third-order valence-electron chi connectivity index (χ3n) is 8.05. The van der Waals surface area contributed by atoms with Gasteiger partial charge >= 0.3 is 6.09 Å². The second-order valence-electron chi connectivity index (χ2n) is 12.6. The maximum absolute atomic E-state index is 12.6. The van der Waals surface area contributed by atoms with Gasteiger partial charge in [0, 0.05) is 58.2 Å². The summed E-state index contributed by atoms with van der Waals surface area (Å²) >= 11 is 14.9. The molecule has 0 spiro atoms. The number of pyridine rings is 1. The first-order valence-corrected chi connectivity index (χ1v) is 17.0. The van der Waals surface area contributed by atoms with E-state index >= 15 is 0 Å². The second-order valence-corrected chi connectivity index (χ2v) is 14.4. The lowest BCUT2D eigenvalue weighted by Gasteiger charge is -2.36. The van der Waals surface area contributed by atoms with Crippen LogP contribution in [0.3, 0.4) is 0 Å². The number of ether oxygens (including phenoxy) is 1. The van der Waals surface area contributed by atoms with Crippen molar-refractivity contribution in [2.45, 2.75) is 58.2 Å². The van der Waals surface area contributed by atoms with E-state index in [0.29, 0.717) is 45.3 Å². The first-order valence-electron chi connectivity index (χ1n) is 15.3. The first-order chi connectivity index (χ1) is 22.5. The Balaban J connectivity index is 1.26. The molecule has 4 N–H and O–H groups in total. The van der Waals surface area contributed by atoms with Gasteiger partial charge in [0.25, 0.3) is 0 Å². The molecule has 0 saturated carbocycles. The average Bonchev–Trinajstić information content (AvgIpc) is 3.75. The Labute approximate surface area is 288 Å². The molecule has 1 amide bonds. The van der Waals surface area contributed by atoms with Gasteiger partial charge in [0.05, 0.1) is 27.5 Å². The van der Waals surface area contributed by atoms with Crippen LogP contribution in [0.1, 0.15) is 55.7 Å². The molecular weight excluding hydrogens is 655 g/mol. The number of halogens is 2. The highest BCUT2D eigenvalue weighted by atomic mass is 35.5. The Morgan fingerprint density at radius 3 is 2.60 bits per heavy atom. The van der Waals surface area contributed by atoms with Gasteiger partial charge in [-0.15, -0.1) is 16.9 Å². The van der Waals surface area contributed by atoms with Gasteiger partial charge in [0.2, 0.25) is 0 Å². The van der Waals surface area contributed by atoms with Crippen LogP contribution in [0.2, 0.25) is 10.0 Å². The van der Waals surface area contributed by atoms with Crippen molar-refractivity contribution in [3.8, 4) is 6.07 Å². The van der Waals surface area contributed by atoms with Crippen LogP contribution < -0.4 is 21.6 Å². The second kappa shape index (κ2) is 13.5. The van der Waals surface area contributed by atoms with Crippen molar-refractivity contribution in [2.24, 2.45) is 0 Å².